The minimum atomic E-state index is -0.630. The Kier molecular flexibility index (Phi) is 7.09. The summed E-state index contributed by atoms with van der Waals surface area (Å²) in [5.41, 5.74) is 7.11. The highest BCUT2D eigenvalue weighted by molar-refractivity contribution is 6.36. The van der Waals surface area contributed by atoms with Crippen molar-refractivity contribution in [1.29, 1.82) is 0 Å². The van der Waals surface area contributed by atoms with E-state index in [-0.39, 0.29) is 30.3 Å². The van der Waals surface area contributed by atoms with Crippen LogP contribution in [0.3, 0.4) is 0 Å². The van der Waals surface area contributed by atoms with E-state index in [1.165, 1.54) is 12.3 Å². The summed E-state index contributed by atoms with van der Waals surface area (Å²) in [6, 6.07) is 11.6. The molecule has 0 aliphatic heterocycles. The molecular formula is C20H14Cl4N2O3. The second-order valence-corrected chi connectivity index (χ2v) is 7.50. The average Bonchev–Trinajstić information content (AvgIpc) is 2.68. The van der Waals surface area contributed by atoms with Gasteiger partial charge in [0.15, 0.2) is 11.6 Å². The number of nitrogen functional groups attached to an aromatic ring is 1. The topological polar surface area (TPSA) is 74.4 Å². The lowest BCUT2D eigenvalue weighted by Crippen LogP contribution is -2.09. The maximum Gasteiger partial charge on any atom is 0.340 e. The van der Waals surface area contributed by atoms with Crippen LogP contribution in [0, 0.1) is 0 Å². The van der Waals surface area contributed by atoms with Crippen molar-refractivity contribution in [3.05, 3.63) is 85.4 Å². The minimum Gasteiger partial charge on any atom is -0.485 e. The van der Waals surface area contributed by atoms with Crippen molar-refractivity contribution in [2.24, 2.45) is 0 Å². The highest BCUT2D eigenvalue weighted by Gasteiger charge is 2.15. The van der Waals surface area contributed by atoms with Gasteiger partial charge in [-0.25, -0.2) is 9.78 Å². The van der Waals surface area contributed by atoms with Gasteiger partial charge >= 0.3 is 5.97 Å². The van der Waals surface area contributed by atoms with Crippen molar-refractivity contribution in [2.45, 2.75) is 13.2 Å². The van der Waals surface area contributed by atoms with E-state index in [1.54, 1.807) is 36.4 Å². The lowest BCUT2D eigenvalue weighted by Gasteiger charge is -2.12. The molecule has 5 nitrogen and oxygen atoms in total. The van der Waals surface area contributed by atoms with Gasteiger partial charge in [-0.2, -0.15) is 0 Å². The number of aromatic nitrogens is 1. The number of rotatable bonds is 6. The zero-order valence-electron chi connectivity index (χ0n) is 14.8. The van der Waals surface area contributed by atoms with Gasteiger partial charge in [0.05, 0.1) is 5.56 Å². The highest BCUT2D eigenvalue weighted by atomic mass is 35.5. The molecule has 0 atom stereocenters. The van der Waals surface area contributed by atoms with Crippen LogP contribution in [-0.4, -0.2) is 11.0 Å². The maximum atomic E-state index is 12.4. The Balaban J connectivity index is 1.72. The van der Waals surface area contributed by atoms with Crippen molar-refractivity contribution in [1.82, 2.24) is 4.98 Å². The second kappa shape index (κ2) is 9.55. The molecule has 0 aliphatic rings. The Morgan fingerprint density at radius 1 is 0.897 bits per heavy atom. The summed E-state index contributed by atoms with van der Waals surface area (Å²) < 4.78 is 11.0. The molecule has 1 heterocycles. The number of anilines is 1. The number of nitrogens with two attached hydrogens (primary N) is 1. The van der Waals surface area contributed by atoms with Crippen molar-refractivity contribution in [2.75, 3.05) is 5.73 Å². The first-order chi connectivity index (χ1) is 13.9. The smallest absolute Gasteiger partial charge is 0.340 e. The van der Waals surface area contributed by atoms with Crippen LogP contribution in [0.5, 0.6) is 5.75 Å². The van der Waals surface area contributed by atoms with E-state index in [0.717, 1.165) is 0 Å². The molecule has 0 radical (unpaired) electrons. The lowest BCUT2D eigenvalue weighted by atomic mass is 10.2. The summed E-state index contributed by atoms with van der Waals surface area (Å²) in [6.07, 6.45) is 1.29. The van der Waals surface area contributed by atoms with Crippen molar-refractivity contribution >= 4 is 58.2 Å². The van der Waals surface area contributed by atoms with E-state index in [4.69, 9.17) is 61.6 Å². The van der Waals surface area contributed by atoms with Crippen LogP contribution < -0.4 is 10.5 Å². The van der Waals surface area contributed by atoms with Crippen molar-refractivity contribution in [3.63, 3.8) is 0 Å². The Morgan fingerprint density at radius 2 is 1.41 bits per heavy atom. The predicted octanol–water partition coefficient (Wildman–Crippen LogP) is 6.21. The Morgan fingerprint density at radius 3 is 1.97 bits per heavy atom. The van der Waals surface area contributed by atoms with Crippen LogP contribution in [0.15, 0.2) is 48.7 Å². The molecule has 0 aliphatic carbocycles. The van der Waals surface area contributed by atoms with Crippen LogP contribution >= 0.6 is 46.4 Å². The van der Waals surface area contributed by atoms with Crippen LogP contribution in [-0.2, 0) is 18.0 Å². The Labute approximate surface area is 187 Å². The van der Waals surface area contributed by atoms with Gasteiger partial charge in [-0.05, 0) is 24.3 Å². The van der Waals surface area contributed by atoms with E-state index in [2.05, 4.69) is 4.98 Å². The molecule has 1 aromatic heterocycles. The molecule has 2 aromatic carbocycles. The normalized spacial score (nSPS) is 10.6. The first kappa shape index (κ1) is 21.5. The van der Waals surface area contributed by atoms with E-state index >= 15 is 0 Å². The average molecular weight is 472 g/mol. The molecule has 0 saturated carbocycles. The van der Waals surface area contributed by atoms with Gasteiger partial charge in [-0.3, -0.25) is 0 Å². The molecule has 2 N–H and O–H groups in total. The number of benzene rings is 2. The summed E-state index contributed by atoms with van der Waals surface area (Å²) in [5.74, 6) is -0.320. The number of pyridine rings is 1. The van der Waals surface area contributed by atoms with E-state index < -0.39 is 5.97 Å². The summed E-state index contributed by atoms with van der Waals surface area (Å²) in [5, 5.41) is 1.72. The Bertz CT molecular complexity index is 1020. The number of ether oxygens (including phenoxy) is 2. The van der Waals surface area contributed by atoms with Gasteiger partial charge in [0.1, 0.15) is 13.2 Å². The summed E-state index contributed by atoms with van der Waals surface area (Å²) >= 11 is 24.4. The molecule has 9 heteroatoms. The maximum absolute atomic E-state index is 12.4. The third kappa shape index (κ3) is 5.25. The molecule has 29 heavy (non-hydrogen) atoms. The first-order valence-corrected chi connectivity index (χ1v) is 9.79. The number of carbonyl (C=O) groups is 1. The molecule has 0 unspecified atom stereocenters. The SMILES string of the molecule is Nc1ncc(C(=O)OCc2c(Cl)cccc2Cl)cc1OCc1c(Cl)cccc1Cl. The first-order valence-electron chi connectivity index (χ1n) is 8.28. The number of carbonyl (C=O) groups excluding carboxylic acids is 1. The van der Waals surface area contributed by atoms with Crippen LogP contribution in [0.2, 0.25) is 20.1 Å². The molecule has 0 fully saturated rings. The monoisotopic (exact) mass is 470 g/mol. The number of esters is 1. The summed E-state index contributed by atoms with van der Waals surface area (Å²) in [6.45, 7) is -0.0365. The third-order valence-electron chi connectivity index (χ3n) is 3.96. The zero-order valence-corrected chi connectivity index (χ0v) is 17.8. The van der Waals surface area contributed by atoms with Crippen molar-refractivity contribution < 1.29 is 14.3 Å². The van der Waals surface area contributed by atoms with Gasteiger partial charge in [0, 0.05) is 43.5 Å². The number of hydrogen-bond acceptors (Lipinski definition) is 5. The van der Waals surface area contributed by atoms with E-state index in [0.29, 0.717) is 31.2 Å². The molecule has 0 spiro atoms. The lowest BCUT2D eigenvalue weighted by molar-refractivity contribution is 0.0472. The van der Waals surface area contributed by atoms with Crippen LogP contribution in [0.25, 0.3) is 0 Å². The molecule has 0 amide bonds. The van der Waals surface area contributed by atoms with Gasteiger partial charge in [-0.15, -0.1) is 0 Å². The molecular weight excluding hydrogens is 458 g/mol. The molecule has 150 valence electrons. The molecule has 0 bridgehead atoms. The fourth-order valence-corrected chi connectivity index (χ4v) is 3.41. The van der Waals surface area contributed by atoms with Gasteiger partial charge < -0.3 is 15.2 Å². The van der Waals surface area contributed by atoms with Crippen LogP contribution in [0.4, 0.5) is 5.82 Å². The number of halogens is 4. The summed E-state index contributed by atoms with van der Waals surface area (Å²) in [7, 11) is 0. The van der Waals surface area contributed by atoms with Gasteiger partial charge in [0.2, 0.25) is 0 Å². The fraction of sp³-hybridized carbons (Fsp3) is 0.100. The zero-order chi connectivity index (χ0) is 21.0. The van der Waals surface area contributed by atoms with E-state index in [1.807, 2.05) is 0 Å². The van der Waals surface area contributed by atoms with E-state index in [9.17, 15) is 4.79 Å². The third-order valence-corrected chi connectivity index (χ3v) is 5.38. The van der Waals surface area contributed by atoms with Gasteiger partial charge in [0.25, 0.3) is 0 Å². The standard InChI is InChI=1S/C20H14Cl4N2O3/c21-14-3-1-4-15(22)12(14)9-28-18-7-11(8-26-19(18)25)20(27)29-10-13-16(23)5-2-6-17(13)24/h1-8H,9-10H2,(H2,25,26). The second-order valence-electron chi connectivity index (χ2n) is 5.87. The van der Waals surface area contributed by atoms with Gasteiger partial charge in [-0.1, -0.05) is 58.5 Å². The Hall–Kier alpha value is -2.18. The number of nitrogens with zero attached hydrogens (tertiary/aromatic N) is 1. The summed E-state index contributed by atoms with van der Waals surface area (Å²) in [4.78, 5) is 16.4. The minimum absolute atomic E-state index is 0.0537. The molecule has 3 aromatic rings. The largest absolute Gasteiger partial charge is 0.485 e. The molecule has 3 rings (SSSR count). The highest BCUT2D eigenvalue weighted by Crippen LogP contribution is 2.28. The van der Waals surface area contributed by atoms with Crippen molar-refractivity contribution in [3.8, 4) is 5.75 Å². The fourth-order valence-electron chi connectivity index (χ4n) is 2.39. The number of hydrogen-bond donors (Lipinski definition) is 1. The molecule has 0 saturated heterocycles. The van der Waals surface area contributed by atoms with Crippen LogP contribution in [0.1, 0.15) is 21.5 Å². The predicted molar refractivity (Wildman–Crippen MR) is 115 cm³/mol. The quantitative estimate of drug-likeness (QED) is 0.432.